The Morgan fingerprint density at radius 2 is 1.88 bits per heavy atom. The van der Waals surface area contributed by atoms with E-state index in [1.807, 2.05) is 36.1 Å². The van der Waals surface area contributed by atoms with Crippen LogP contribution in [0.15, 0.2) is 36.4 Å². The maximum absolute atomic E-state index is 15.6. The number of fused-ring (bicyclic) bond motifs is 3. The molecule has 180 valence electrons. The molecule has 5 rings (SSSR count). The van der Waals surface area contributed by atoms with Crippen LogP contribution in [0.4, 0.5) is 18.9 Å². The van der Waals surface area contributed by atoms with Crippen LogP contribution in [0.5, 0.6) is 0 Å². The predicted octanol–water partition coefficient (Wildman–Crippen LogP) is 4.91. The first-order valence-electron chi connectivity index (χ1n) is 11.7. The van der Waals surface area contributed by atoms with Gasteiger partial charge in [-0.1, -0.05) is 25.1 Å². The highest BCUT2D eigenvalue weighted by Crippen LogP contribution is 2.43. The minimum atomic E-state index is -0.908. The first-order chi connectivity index (χ1) is 16.3. The molecule has 3 heterocycles. The van der Waals surface area contributed by atoms with Gasteiger partial charge in [0.25, 0.3) is 0 Å². The fourth-order valence-electron chi connectivity index (χ4n) is 5.37. The van der Waals surface area contributed by atoms with Gasteiger partial charge in [-0.2, -0.15) is 0 Å². The molecule has 0 unspecified atom stereocenters. The first kappa shape index (κ1) is 22.8. The Morgan fingerprint density at radius 3 is 2.53 bits per heavy atom. The molecule has 5 nitrogen and oxygen atoms in total. The van der Waals surface area contributed by atoms with E-state index in [2.05, 4.69) is 4.98 Å². The monoisotopic (exact) mass is 471 g/mol. The van der Waals surface area contributed by atoms with Gasteiger partial charge in [0, 0.05) is 53.5 Å². The zero-order valence-corrected chi connectivity index (χ0v) is 19.2. The molecule has 0 saturated carbocycles. The average Bonchev–Trinajstić information content (AvgIpc) is 3.12. The van der Waals surface area contributed by atoms with Crippen molar-refractivity contribution in [2.75, 3.05) is 31.2 Å². The van der Waals surface area contributed by atoms with Crippen LogP contribution in [-0.2, 0) is 11.2 Å². The lowest BCUT2D eigenvalue weighted by Gasteiger charge is -2.42. The minimum Gasteiger partial charge on any atom is -0.481 e. The highest BCUT2D eigenvalue weighted by Gasteiger charge is 2.40. The van der Waals surface area contributed by atoms with Crippen LogP contribution in [0.2, 0.25) is 0 Å². The molecule has 1 aromatic heterocycles. The first-order valence-corrected chi connectivity index (χ1v) is 11.7. The van der Waals surface area contributed by atoms with Crippen molar-refractivity contribution < 1.29 is 23.1 Å². The summed E-state index contributed by atoms with van der Waals surface area (Å²) in [5.41, 5.74) is 2.95. The maximum atomic E-state index is 15.6. The smallest absolute Gasteiger partial charge is 0.310 e. The molecule has 2 aliphatic rings. The lowest BCUT2D eigenvalue weighted by Crippen LogP contribution is -2.50. The number of alkyl halides is 1. The van der Waals surface area contributed by atoms with Crippen LogP contribution in [0, 0.1) is 23.5 Å². The normalized spacial score (nSPS) is 22.0. The number of carboxylic acids is 1. The van der Waals surface area contributed by atoms with Gasteiger partial charge >= 0.3 is 5.97 Å². The van der Waals surface area contributed by atoms with Gasteiger partial charge < -0.3 is 15.0 Å². The number of rotatable bonds is 6. The molecule has 2 N–H and O–H groups in total. The zero-order chi connectivity index (χ0) is 24.1. The minimum absolute atomic E-state index is 0.0455. The Morgan fingerprint density at radius 1 is 1.21 bits per heavy atom. The third kappa shape index (κ3) is 3.74. The molecule has 2 aromatic carbocycles. The lowest BCUT2D eigenvalue weighted by atomic mass is 9.87. The van der Waals surface area contributed by atoms with Crippen LogP contribution >= 0.6 is 0 Å². The molecular formula is C26H28F3N3O2. The van der Waals surface area contributed by atoms with Gasteiger partial charge in [0.1, 0.15) is 11.6 Å². The number of anilines is 1. The van der Waals surface area contributed by atoms with E-state index in [4.69, 9.17) is 5.11 Å². The SMILES string of the molecule is C[C@H](CF)CN1[C@H](c2c(F)cc(N3CC(C(=O)O)C3)cc2F)c2[nH]c3ccccc3c2C[C@H]1C. The molecule has 2 aliphatic heterocycles. The third-order valence-corrected chi connectivity index (χ3v) is 7.24. The van der Waals surface area contributed by atoms with E-state index in [9.17, 15) is 9.18 Å². The highest BCUT2D eigenvalue weighted by molar-refractivity contribution is 5.85. The number of halogens is 3. The predicted molar refractivity (Wildman–Crippen MR) is 125 cm³/mol. The van der Waals surface area contributed by atoms with Crippen molar-refractivity contribution in [3.8, 4) is 0 Å². The van der Waals surface area contributed by atoms with Crippen molar-refractivity contribution in [3.05, 3.63) is 64.9 Å². The Hall–Kier alpha value is -3.00. The van der Waals surface area contributed by atoms with E-state index < -0.39 is 36.2 Å². The number of nitrogens with one attached hydrogen (secondary N) is 1. The molecule has 0 bridgehead atoms. The van der Waals surface area contributed by atoms with Crippen molar-refractivity contribution in [1.82, 2.24) is 9.88 Å². The molecule has 34 heavy (non-hydrogen) atoms. The van der Waals surface area contributed by atoms with Gasteiger partial charge in [0.15, 0.2) is 0 Å². The van der Waals surface area contributed by atoms with Gasteiger partial charge in [-0.25, -0.2) is 8.78 Å². The van der Waals surface area contributed by atoms with E-state index in [-0.39, 0.29) is 30.6 Å². The van der Waals surface area contributed by atoms with E-state index in [1.165, 1.54) is 12.1 Å². The summed E-state index contributed by atoms with van der Waals surface area (Å²) in [7, 11) is 0. The van der Waals surface area contributed by atoms with Crippen molar-refractivity contribution in [2.24, 2.45) is 11.8 Å². The van der Waals surface area contributed by atoms with Crippen molar-refractivity contribution >= 4 is 22.6 Å². The number of benzene rings is 2. The second kappa shape index (κ2) is 8.65. The molecule has 0 amide bonds. The summed E-state index contributed by atoms with van der Waals surface area (Å²) in [5.74, 6) is -3.09. The number of hydrogen-bond donors (Lipinski definition) is 2. The summed E-state index contributed by atoms with van der Waals surface area (Å²) in [5, 5.41) is 10.1. The quantitative estimate of drug-likeness (QED) is 0.537. The number of H-pyrrole nitrogens is 1. The lowest BCUT2D eigenvalue weighted by molar-refractivity contribution is -0.142. The van der Waals surface area contributed by atoms with Crippen LogP contribution in [-0.4, -0.2) is 53.3 Å². The molecule has 0 radical (unpaired) electrons. The molecule has 1 fully saturated rings. The van der Waals surface area contributed by atoms with Gasteiger partial charge in [-0.3, -0.25) is 14.1 Å². The topological polar surface area (TPSA) is 59.6 Å². The maximum Gasteiger partial charge on any atom is 0.310 e. The number of carboxylic acid groups (broad SMARTS) is 1. The summed E-state index contributed by atoms with van der Waals surface area (Å²) in [6.45, 7) is 4.10. The number of hydrogen-bond acceptors (Lipinski definition) is 3. The summed E-state index contributed by atoms with van der Waals surface area (Å²) >= 11 is 0. The summed E-state index contributed by atoms with van der Waals surface area (Å²) < 4.78 is 44.8. The Labute approximate surface area is 196 Å². The Bertz CT molecular complexity index is 1210. The second-order valence-electron chi connectivity index (χ2n) is 9.74. The van der Waals surface area contributed by atoms with Crippen LogP contribution in [0.25, 0.3) is 10.9 Å². The van der Waals surface area contributed by atoms with E-state index >= 15 is 8.78 Å². The van der Waals surface area contributed by atoms with Gasteiger partial charge in [0.05, 0.1) is 18.6 Å². The molecule has 8 heteroatoms. The standard InChI is InChI=1S/C26H28F3N3O2/c1-14(10-27)11-32-15(2)7-19-18-5-3-4-6-22(18)30-24(19)25(32)23-20(28)8-17(9-21(23)29)31-12-16(13-31)26(33)34/h3-6,8-9,14-16,25,30H,7,10-13H2,1-2H3,(H,33,34)/t14-,15-,25-/m1/s1. The van der Waals surface area contributed by atoms with Crippen molar-refractivity contribution in [1.29, 1.82) is 0 Å². The number of aromatic amines is 1. The van der Waals surface area contributed by atoms with E-state index in [1.54, 1.807) is 11.8 Å². The fourth-order valence-corrected chi connectivity index (χ4v) is 5.37. The van der Waals surface area contributed by atoms with Crippen LogP contribution in [0.3, 0.4) is 0 Å². The van der Waals surface area contributed by atoms with E-state index in [0.717, 1.165) is 22.2 Å². The zero-order valence-electron chi connectivity index (χ0n) is 19.2. The molecule has 3 atom stereocenters. The van der Waals surface area contributed by atoms with Crippen LogP contribution < -0.4 is 4.90 Å². The fraction of sp³-hybridized carbons (Fsp3) is 0.423. The number of nitrogens with zero attached hydrogens (tertiary/aromatic N) is 2. The van der Waals surface area contributed by atoms with E-state index in [0.29, 0.717) is 18.7 Å². The van der Waals surface area contributed by atoms with Crippen molar-refractivity contribution in [2.45, 2.75) is 32.4 Å². The largest absolute Gasteiger partial charge is 0.481 e. The average molecular weight is 472 g/mol. The highest BCUT2D eigenvalue weighted by atomic mass is 19.1. The molecule has 0 aliphatic carbocycles. The third-order valence-electron chi connectivity index (χ3n) is 7.24. The second-order valence-corrected chi connectivity index (χ2v) is 9.74. The number of para-hydroxylation sites is 1. The van der Waals surface area contributed by atoms with Gasteiger partial charge in [0.2, 0.25) is 0 Å². The Balaban J connectivity index is 1.60. The summed E-state index contributed by atoms with van der Waals surface area (Å²) in [4.78, 5) is 18.2. The summed E-state index contributed by atoms with van der Waals surface area (Å²) in [6, 6.07) is 9.62. The van der Waals surface area contributed by atoms with Gasteiger partial charge in [-0.15, -0.1) is 0 Å². The van der Waals surface area contributed by atoms with Gasteiger partial charge in [-0.05, 0) is 43.0 Å². The number of carbonyl (C=O) groups is 1. The molecule has 0 spiro atoms. The molecule has 3 aromatic rings. The molecule has 1 saturated heterocycles. The summed E-state index contributed by atoms with van der Waals surface area (Å²) in [6.07, 6.45) is 0.695. The Kier molecular flexibility index (Phi) is 5.80. The molecular weight excluding hydrogens is 443 g/mol. The number of aliphatic carboxylic acids is 1. The number of aromatic nitrogens is 1. The van der Waals surface area contributed by atoms with Crippen molar-refractivity contribution in [3.63, 3.8) is 0 Å². The van der Waals surface area contributed by atoms with Crippen LogP contribution in [0.1, 0.15) is 36.7 Å².